The standard InChI is InChI=1S/C18H13F6N5O2S/c1-3-32(30)31-15-13-10(18(22,23)24)5-4-6-11(13)27-29(15)16-26-12-7-9(17(19,20)21)8-25-14(12)28(16)2/h4-8H,3H2,1-2H3. The van der Waals surface area contributed by atoms with Crippen LogP contribution in [-0.2, 0) is 30.5 Å². The van der Waals surface area contributed by atoms with Crippen molar-refractivity contribution in [2.45, 2.75) is 19.3 Å². The molecular weight excluding hydrogens is 464 g/mol. The zero-order chi connectivity index (χ0) is 23.4. The highest BCUT2D eigenvalue weighted by molar-refractivity contribution is 7.80. The van der Waals surface area contributed by atoms with E-state index < -0.39 is 45.8 Å². The fraction of sp³-hybridized carbons (Fsp3) is 0.278. The Balaban J connectivity index is 2.02. The summed E-state index contributed by atoms with van der Waals surface area (Å²) in [6.07, 6.45) is -8.81. The Labute approximate surface area is 178 Å². The van der Waals surface area contributed by atoms with Crippen LogP contribution in [0, 0.1) is 0 Å². The Morgan fingerprint density at radius 3 is 2.44 bits per heavy atom. The maximum Gasteiger partial charge on any atom is 0.417 e. The Morgan fingerprint density at radius 2 is 1.81 bits per heavy atom. The first-order valence-corrected chi connectivity index (χ1v) is 10.2. The fourth-order valence-corrected chi connectivity index (χ4v) is 3.56. The van der Waals surface area contributed by atoms with E-state index in [2.05, 4.69) is 15.1 Å². The second-order valence-corrected chi connectivity index (χ2v) is 7.98. The molecular formula is C18H13F6N5O2S. The van der Waals surface area contributed by atoms with Gasteiger partial charge in [-0.15, -0.1) is 0 Å². The molecule has 1 aromatic carbocycles. The molecule has 0 spiro atoms. The van der Waals surface area contributed by atoms with Crippen LogP contribution in [0.3, 0.4) is 0 Å². The van der Waals surface area contributed by atoms with Crippen LogP contribution >= 0.6 is 0 Å². The van der Waals surface area contributed by atoms with Gasteiger partial charge in [0.1, 0.15) is 5.52 Å². The van der Waals surface area contributed by atoms with E-state index in [-0.39, 0.29) is 28.4 Å². The molecule has 1 unspecified atom stereocenters. The van der Waals surface area contributed by atoms with Gasteiger partial charge in [-0.05, 0) is 18.2 Å². The number of rotatable bonds is 4. The normalized spacial score (nSPS) is 13.8. The quantitative estimate of drug-likeness (QED) is 0.407. The summed E-state index contributed by atoms with van der Waals surface area (Å²) >= 11 is -2.00. The van der Waals surface area contributed by atoms with Crippen molar-refractivity contribution in [1.29, 1.82) is 0 Å². The molecule has 4 aromatic rings. The number of pyridine rings is 1. The van der Waals surface area contributed by atoms with Crippen LogP contribution in [0.25, 0.3) is 28.0 Å². The third-order valence-corrected chi connectivity index (χ3v) is 5.39. The fourth-order valence-electron chi connectivity index (χ4n) is 3.11. The summed E-state index contributed by atoms with van der Waals surface area (Å²) < 4.78 is 99.5. The number of nitrogens with zero attached hydrogens (tertiary/aromatic N) is 5. The lowest BCUT2D eigenvalue weighted by Gasteiger charge is -2.10. The lowest BCUT2D eigenvalue weighted by molar-refractivity contribution is -0.138. The lowest BCUT2D eigenvalue weighted by atomic mass is 10.1. The van der Waals surface area contributed by atoms with Gasteiger partial charge in [-0.25, -0.2) is 14.2 Å². The molecule has 32 heavy (non-hydrogen) atoms. The molecule has 0 aliphatic carbocycles. The molecule has 3 heterocycles. The third-order valence-electron chi connectivity index (χ3n) is 4.57. The minimum Gasteiger partial charge on any atom is -0.379 e. The molecule has 0 bridgehead atoms. The molecule has 0 saturated carbocycles. The van der Waals surface area contributed by atoms with Gasteiger partial charge in [0.15, 0.2) is 5.65 Å². The summed E-state index contributed by atoms with van der Waals surface area (Å²) in [4.78, 5) is 7.85. The molecule has 0 saturated heterocycles. The highest BCUT2D eigenvalue weighted by atomic mass is 32.2. The van der Waals surface area contributed by atoms with Crippen molar-refractivity contribution in [1.82, 2.24) is 24.3 Å². The summed E-state index contributed by atoms with van der Waals surface area (Å²) in [5.74, 6) is -0.693. The van der Waals surface area contributed by atoms with E-state index in [0.29, 0.717) is 6.20 Å². The summed E-state index contributed by atoms with van der Waals surface area (Å²) in [5.41, 5.74) is -2.36. The number of halogens is 6. The Kier molecular flexibility index (Phi) is 5.14. The minimum absolute atomic E-state index is 0.0279. The molecule has 1 atom stereocenters. The third kappa shape index (κ3) is 3.67. The van der Waals surface area contributed by atoms with Crippen molar-refractivity contribution >= 4 is 33.1 Å². The second kappa shape index (κ2) is 7.46. The monoisotopic (exact) mass is 477 g/mol. The molecule has 14 heteroatoms. The van der Waals surface area contributed by atoms with Gasteiger partial charge in [-0.3, -0.25) is 4.57 Å². The molecule has 0 fully saturated rings. The number of aromatic nitrogens is 5. The molecule has 7 nitrogen and oxygen atoms in total. The van der Waals surface area contributed by atoms with Crippen LogP contribution in [0.15, 0.2) is 30.5 Å². The van der Waals surface area contributed by atoms with Gasteiger partial charge in [0.2, 0.25) is 22.9 Å². The highest BCUT2D eigenvalue weighted by Gasteiger charge is 2.36. The zero-order valence-electron chi connectivity index (χ0n) is 16.3. The second-order valence-electron chi connectivity index (χ2n) is 6.63. The number of benzene rings is 1. The van der Waals surface area contributed by atoms with Gasteiger partial charge in [0.25, 0.3) is 0 Å². The van der Waals surface area contributed by atoms with Crippen molar-refractivity contribution in [2.24, 2.45) is 7.05 Å². The van der Waals surface area contributed by atoms with Crippen molar-refractivity contribution in [3.8, 4) is 11.8 Å². The number of alkyl halides is 6. The number of fused-ring (bicyclic) bond motifs is 2. The van der Waals surface area contributed by atoms with E-state index >= 15 is 0 Å². The van der Waals surface area contributed by atoms with E-state index in [9.17, 15) is 30.6 Å². The Hall–Kier alpha value is -3.16. The van der Waals surface area contributed by atoms with Gasteiger partial charge in [-0.2, -0.15) is 36.1 Å². The summed E-state index contributed by atoms with van der Waals surface area (Å²) in [5, 5.41) is 3.65. The van der Waals surface area contributed by atoms with Crippen LogP contribution in [-0.4, -0.2) is 34.3 Å². The van der Waals surface area contributed by atoms with Crippen LogP contribution in [0.2, 0.25) is 0 Å². The van der Waals surface area contributed by atoms with Crippen molar-refractivity contribution in [3.63, 3.8) is 0 Å². The van der Waals surface area contributed by atoms with Crippen LogP contribution in [0.5, 0.6) is 5.88 Å². The average Bonchev–Trinajstić information content (AvgIpc) is 3.23. The summed E-state index contributed by atoms with van der Waals surface area (Å²) in [6.45, 7) is 1.50. The number of hydrogen-bond acceptors (Lipinski definition) is 5. The van der Waals surface area contributed by atoms with Crippen LogP contribution in [0.4, 0.5) is 26.3 Å². The zero-order valence-corrected chi connectivity index (χ0v) is 17.1. The minimum atomic E-state index is -4.77. The molecule has 4 rings (SSSR count). The first-order chi connectivity index (χ1) is 14.9. The molecule has 0 radical (unpaired) electrons. The topological polar surface area (TPSA) is 74.8 Å². The van der Waals surface area contributed by atoms with Gasteiger partial charge < -0.3 is 4.18 Å². The van der Waals surface area contributed by atoms with E-state index in [4.69, 9.17) is 4.18 Å². The van der Waals surface area contributed by atoms with Crippen LogP contribution in [0.1, 0.15) is 18.1 Å². The number of hydrogen-bond donors (Lipinski definition) is 0. The van der Waals surface area contributed by atoms with Crippen molar-refractivity contribution < 1.29 is 34.7 Å². The molecule has 0 aliphatic rings. The van der Waals surface area contributed by atoms with E-state index in [0.717, 1.165) is 22.9 Å². The molecule has 0 aliphatic heterocycles. The SMILES string of the molecule is CCS(=O)Oc1c2c(C(F)(F)F)cccc2nn1-c1nc2cc(C(F)(F)F)cnc2n1C. The number of aryl methyl sites for hydroxylation is 1. The van der Waals surface area contributed by atoms with Crippen molar-refractivity contribution in [3.05, 3.63) is 41.6 Å². The Morgan fingerprint density at radius 1 is 1.09 bits per heavy atom. The van der Waals surface area contributed by atoms with E-state index in [1.165, 1.54) is 24.6 Å². The molecule has 0 amide bonds. The Bertz CT molecular complexity index is 1360. The highest BCUT2D eigenvalue weighted by Crippen LogP contribution is 2.40. The lowest BCUT2D eigenvalue weighted by Crippen LogP contribution is -2.12. The largest absolute Gasteiger partial charge is 0.417 e. The van der Waals surface area contributed by atoms with Crippen molar-refractivity contribution in [2.75, 3.05) is 5.75 Å². The van der Waals surface area contributed by atoms with Gasteiger partial charge in [-0.1, -0.05) is 13.0 Å². The maximum atomic E-state index is 13.6. The van der Waals surface area contributed by atoms with E-state index in [1.54, 1.807) is 0 Å². The molecule has 170 valence electrons. The average molecular weight is 477 g/mol. The molecule has 0 N–H and O–H groups in total. The predicted molar refractivity (Wildman–Crippen MR) is 102 cm³/mol. The summed E-state index contributed by atoms with van der Waals surface area (Å²) in [6, 6.07) is 4.03. The van der Waals surface area contributed by atoms with Crippen LogP contribution < -0.4 is 4.18 Å². The van der Waals surface area contributed by atoms with Gasteiger partial charge >= 0.3 is 12.4 Å². The smallest absolute Gasteiger partial charge is 0.379 e. The summed E-state index contributed by atoms with van der Waals surface area (Å²) in [7, 11) is 1.41. The number of imidazole rings is 1. The van der Waals surface area contributed by atoms with Gasteiger partial charge in [0, 0.05) is 13.2 Å². The molecule has 3 aromatic heterocycles. The van der Waals surface area contributed by atoms with Gasteiger partial charge in [0.05, 0.1) is 27.8 Å². The maximum absolute atomic E-state index is 13.6. The first kappa shape index (κ1) is 22.0. The predicted octanol–water partition coefficient (Wildman–Crippen LogP) is 4.41. The van der Waals surface area contributed by atoms with E-state index in [1.807, 2.05) is 0 Å². The first-order valence-electron chi connectivity index (χ1n) is 8.97.